The Hall–Kier alpha value is -1.75. The lowest BCUT2D eigenvalue weighted by Gasteiger charge is -2.14. The molecular weight excluding hydrogens is 258 g/mol. The predicted molar refractivity (Wildman–Crippen MR) is 74.9 cm³/mol. The maximum atomic E-state index is 11.6. The zero-order valence-electron chi connectivity index (χ0n) is 11.9. The highest BCUT2D eigenvalue weighted by Crippen LogP contribution is 2.29. The van der Waals surface area contributed by atoms with E-state index in [2.05, 4.69) is 5.32 Å². The second-order valence-corrected chi connectivity index (χ2v) is 5.02. The van der Waals surface area contributed by atoms with Gasteiger partial charge in [0.2, 0.25) is 5.91 Å². The molecule has 0 bridgehead atoms. The maximum Gasteiger partial charge on any atom is 0.223 e. The minimum absolute atomic E-state index is 0.00833. The van der Waals surface area contributed by atoms with Crippen LogP contribution in [0.25, 0.3) is 0 Å². The predicted octanol–water partition coefficient (Wildman–Crippen LogP) is 1.80. The van der Waals surface area contributed by atoms with Gasteiger partial charge in [-0.3, -0.25) is 4.79 Å². The highest BCUT2D eigenvalue weighted by Gasteiger charge is 2.23. The summed E-state index contributed by atoms with van der Waals surface area (Å²) in [6.07, 6.45) is 1.84. The Labute approximate surface area is 118 Å². The zero-order chi connectivity index (χ0) is 14.5. The molecule has 2 N–H and O–H groups in total. The van der Waals surface area contributed by atoms with Crippen molar-refractivity contribution in [3.8, 4) is 11.5 Å². The number of ether oxygens (including phenoxy) is 2. The number of benzene rings is 1. The van der Waals surface area contributed by atoms with Crippen molar-refractivity contribution in [1.29, 1.82) is 0 Å². The van der Waals surface area contributed by atoms with Crippen LogP contribution in [0.3, 0.4) is 0 Å². The quantitative estimate of drug-likeness (QED) is 0.798. The van der Waals surface area contributed by atoms with Gasteiger partial charge in [0.1, 0.15) is 11.5 Å². The van der Waals surface area contributed by atoms with Gasteiger partial charge in [-0.1, -0.05) is 0 Å². The molecular formula is C15H21NO4. The van der Waals surface area contributed by atoms with Crippen molar-refractivity contribution in [2.75, 3.05) is 13.7 Å². The van der Waals surface area contributed by atoms with Gasteiger partial charge in [0, 0.05) is 17.7 Å². The number of methoxy groups -OCH3 is 1. The van der Waals surface area contributed by atoms with Gasteiger partial charge in [0.15, 0.2) is 0 Å². The van der Waals surface area contributed by atoms with E-state index >= 15 is 0 Å². The lowest BCUT2D eigenvalue weighted by molar-refractivity contribution is -0.121. The summed E-state index contributed by atoms with van der Waals surface area (Å²) in [5.74, 6) is 1.22. The average molecular weight is 279 g/mol. The molecule has 1 atom stereocenters. The minimum Gasteiger partial charge on any atom is -0.497 e. The van der Waals surface area contributed by atoms with Crippen LogP contribution < -0.4 is 14.8 Å². The van der Waals surface area contributed by atoms with Crippen LogP contribution >= 0.6 is 0 Å². The van der Waals surface area contributed by atoms with E-state index in [1.165, 1.54) is 0 Å². The molecule has 1 aromatic carbocycles. The molecule has 0 heterocycles. The number of carbonyl (C=O) groups is 1. The van der Waals surface area contributed by atoms with Gasteiger partial charge < -0.3 is 19.9 Å². The fraction of sp³-hybridized carbons (Fsp3) is 0.533. The topological polar surface area (TPSA) is 67.8 Å². The summed E-state index contributed by atoms with van der Waals surface area (Å²) in [6.45, 7) is 1.96. The van der Waals surface area contributed by atoms with Crippen molar-refractivity contribution >= 4 is 5.91 Å². The van der Waals surface area contributed by atoms with Gasteiger partial charge in [-0.25, -0.2) is 0 Å². The van der Waals surface area contributed by atoms with Crippen LogP contribution in [0.1, 0.15) is 37.9 Å². The van der Waals surface area contributed by atoms with Crippen molar-refractivity contribution in [1.82, 2.24) is 5.32 Å². The molecule has 1 saturated carbocycles. The Kier molecular flexibility index (Phi) is 4.84. The van der Waals surface area contributed by atoms with Gasteiger partial charge in [-0.15, -0.1) is 0 Å². The number of aliphatic hydroxyl groups is 1. The van der Waals surface area contributed by atoms with Gasteiger partial charge in [-0.05, 0) is 31.9 Å². The average Bonchev–Trinajstić information content (AvgIpc) is 3.22. The normalized spacial score (nSPS) is 15.6. The standard InChI is InChI=1S/C15H21NO4/c1-10(17)13-6-5-12(19-2)9-14(13)20-8-7-15(18)16-11-3-4-11/h5-6,9-11,17H,3-4,7-8H2,1-2H3,(H,16,18)/t10-/m1/s1. The molecule has 20 heavy (non-hydrogen) atoms. The number of carbonyl (C=O) groups excluding carboxylic acids is 1. The van der Waals surface area contributed by atoms with Crippen LogP contribution in [0.15, 0.2) is 18.2 Å². The zero-order valence-corrected chi connectivity index (χ0v) is 11.9. The van der Waals surface area contributed by atoms with Crippen LogP contribution in [-0.2, 0) is 4.79 Å². The highest BCUT2D eigenvalue weighted by molar-refractivity contribution is 5.76. The first-order valence-electron chi connectivity index (χ1n) is 6.88. The van der Waals surface area contributed by atoms with Crippen LogP contribution in [0.4, 0.5) is 0 Å². The lowest BCUT2D eigenvalue weighted by Crippen LogP contribution is -2.26. The molecule has 0 aromatic heterocycles. The number of aliphatic hydroxyl groups excluding tert-OH is 1. The van der Waals surface area contributed by atoms with Gasteiger partial charge in [-0.2, -0.15) is 0 Å². The second-order valence-electron chi connectivity index (χ2n) is 5.02. The van der Waals surface area contributed by atoms with Crippen LogP contribution in [0.5, 0.6) is 11.5 Å². The van der Waals surface area contributed by atoms with E-state index in [1.807, 2.05) is 0 Å². The number of amides is 1. The van der Waals surface area contributed by atoms with Crippen molar-refractivity contribution in [3.05, 3.63) is 23.8 Å². The first-order valence-corrected chi connectivity index (χ1v) is 6.88. The monoisotopic (exact) mass is 279 g/mol. The summed E-state index contributed by atoms with van der Waals surface area (Å²) in [7, 11) is 1.57. The van der Waals surface area contributed by atoms with Crippen LogP contribution in [0.2, 0.25) is 0 Å². The summed E-state index contributed by atoms with van der Waals surface area (Å²) in [4.78, 5) is 11.6. The van der Waals surface area contributed by atoms with Crippen molar-refractivity contribution < 1.29 is 19.4 Å². The molecule has 1 aromatic rings. The van der Waals surface area contributed by atoms with E-state index < -0.39 is 6.10 Å². The van der Waals surface area contributed by atoms with E-state index in [-0.39, 0.29) is 12.5 Å². The number of nitrogens with one attached hydrogen (secondary N) is 1. The molecule has 1 aliphatic carbocycles. The molecule has 1 amide bonds. The van der Waals surface area contributed by atoms with Crippen molar-refractivity contribution in [2.24, 2.45) is 0 Å². The van der Waals surface area contributed by atoms with E-state index in [0.717, 1.165) is 12.8 Å². The third-order valence-electron chi connectivity index (χ3n) is 3.20. The molecule has 2 rings (SSSR count). The Bertz CT molecular complexity index is 469. The van der Waals surface area contributed by atoms with E-state index in [9.17, 15) is 9.90 Å². The molecule has 1 fully saturated rings. The van der Waals surface area contributed by atoms with Crippen LogP contribution in [0, 0.1) is 0 Å². The summed E-state index contributed by atoms with van der Waals surface area (Å²) < 4.78 is 10.7. The minimum atomic E-state index is -0.629. The summed E-state index contributed by atoms with van der Waals surface area (Å²) in [5, 5.41) is 12.6. The first-order chi connectivity index (χ1) is 9.60. The Morgan fingerprint density at radius 3 is 2.85 bits per heavy atom. The summed E-state index contributed by atoms with van der Waals surface area (Å²) in [6, 6.07) is 5.63. The smallest absolute Gasteiger partial charge is 0.223 e. The Morgan fingerprint density at radius 1 is 1.50 bits per heavy atom. The molecule has 0 spiro atoms. The molecule has 0 aliphatic heterocycles. The van der Waals surface area contributed by atoms with Crippen molar-refractivity contribution in [3.63, 3.8) is 0 Å². The SMILES string of the molecule is COc1ccc([C@@H](C)O)c(OCCC(=O)NC2CC2)c1. The van der Waals surface area contributed by atoms with E-state index in [1.54, 1.807) is 32.2 Å². The highest BCUT2D eigenvalue weighted by atomic mass is 16.5. The largest absolute Gasteiger partial charge is 0.497 e. The van der Waals surface area contributed by atoms with Gasteiger partial charge >= 0.3 is 0 Å². The van der Waals surface area contributed by atoms with E-state index in [0.29, 0.717) is 29.5 Å². The molecule has 5 nitrogen and oxygen atoms in total. The number of hydrogen-bond acceptors (Lipinski definition) is 4. The molecule has 1 aliphatic rings. The fourth-order valence-electron chi connectivity index (χ4n) is 1.89. The van der Waals surface area contributed by atoms with Crippen molar-refractivity contribution in [2.45, 2.75) is 38.3 Å². The second kappa shape index (κ2) is 6.61. The lowest BCUT2D eigenvalue weighted by atomic mass is 10.1. The summed E-state index contributed by atoms with van der Waals surface area (Å²) in [5.41, 5.74) is 0.688. The molecule has 0 radical (unpaired) electrons. The van der Waals surface area contributed by atoms with Crippen LogP contribution in [-0.4, -0.2) is 30.8 Å². The summed E-state index contributed by atoms with van der Waals surface area (Å²) >= 11 is 0. The number of hydrogen-bond donors (Lipinski definition) is 2. The van der Waals surface area contributed by atoms with Gasteiger partial charge in [0.05, 0.1) is 26.2 Å². The van der Waals surface area contributed by atoms with Gasteiger partial charge in [0.25, 0.3) is 0 Å². The maximum absolute atomic E-state index is 11.6. The Balaban J connectivity index is 1.90. The number of rotatable bonds is 7. The third-order valence-corrected chi connectivity index (χ3v) is 3.20. The molecule has 110 valence electrons. The van der Waals surface area contributed by atoms with E-state index in [4.69, 9.17) is 9.47 Å². The third kappa shape index (κ3) is 4.13. The molecule has 0 unspecified atom stereocenters. The first kappa shape index (κ1) is 14.7. The molecule has 5 heteroatoms. The Morgan fingerprint density at radius 2 is 2.25 bits per heavy atom. The fourth-order valence-corrected chi connectivity index (χ4v) is 1.89. The molecule has 0 saturated heterocycles.